The first-order chi connectivity index (χ1) is 9.19. The number of carbonyl (C=O) groups excluding carboxylic acids is 1. The molecule has 3 nitrogen and oxygen atoms in total. The monoisotopic (exact) mass is 324 g/mol. The Morgan fingerprint density at radius 1 is 1.37 bits per heavy atom. The second-order valence-electron chi connectivity index (χ2n) is 5.22. The highest BCUT2D eigenvalue weighted by Gasteiger charge is 2.20. The summed E-state index contributed by atoms with van der Waals surface area (Å²) >= 11 is 3.38. The quantitative estimate of drug-likeness (QED) is 0.818. The minimum absolute atomic E-state index is 0.238. The molecule has 19 heavy (non-hydrogen) atoms. The Bertz CT molecular complexity index is 419. The average molecular weight is 325 g/mol. The van der Waals surface area contributed by atoms with E-state index in [-0.39, 0.29) is 5.78 Å². The molecule has 1 saturated heterocycles. The standard InChI is InChI=1S/C15H21BrN2O/c16-14-5-3-13(4-6-14)15(19)2-1-8-18-9-7-12(10-17)11-18/h3-6,12H,1-2,7-11,17H2. The number of likely N-dealkylation sites (tertiary alicyclic amines) is 1. The van der Waals surface area contributed by atoms with Crippen LogP contribution in [-0.4, -0.2) is 36.9 Å². The second-order valence-corrected chi connectivity index (χ2v) is 6.14. The molecule has 1 unspecified atom stereocenters. The van der Waals surface area contributed by atoms with E-state index < -0.39 is 0 Å². The van der Waals surface area contributed by atoms with Crippen molar-refractivity contribution in [2.75, 3.05) is 26.2 Å². The van der Waals surface area contributed by atoms with Crippen molar-refractivity contribution in [1.82, 2.24) is 4.90 Å². The number of nitrogens with two attached hydrogens (primary N) is 1. The number of hydrogen-bond acceptors (Lipinski definition) is 3. The number of carbonyl (C=O) groups is 1. The molecule has 104 valence electrons. The molecule has 0 aromatic heterocycles. The zero-order valence-electron chi connectivity index (χ0n) is 11.1. The van der Waals surface area contributed by atoms with Crippen molar-refractivity contribution in [2.24, 2.45) is 11.7 Å². The van der Waals surface area contributed by atoms with Crippen molar-refractivity contribution < 1.29 is 4.79 Å². The molecule has 1 aliphatic rings. The van der Waals surface area contributed by atoms with E-state index in [9.17, 15) is 4.79 Å². The van der Waals surface area contributed by atoms with Crippen LogP contribution in [0.3, 0.4) is 0 Å². The smallest absolute Gasteiger partial charge is 0.162 e. The Morgan fingerprint density at radius 3 is 2.74 bits per heavy atom. The number of benzene rings is 1. The molecule has 2 N–H and O–H groups in total. The van der Waals surface area contributed by atoms with Crippen LogP contribution in [0.4, 0.5) is 0 Å². The summed E-state index contributed by atoms with van der Waals surface area (Å²) in [5.74, 6) is 0.893. The molecule has 0 saturated carbocycles. The molecule has 1 aliphatic heterocycles. The lowest BCUT2D eigenvalue weighted by atomic mass is 10.1. The van der Waals surface area contributed by atoms with Crippen molar-refractivity contribution in [3.8, 4) is 0 Å². The van der Waals surface area contributed by atoms with E-state index in [4.69, 9.17) is 5.73 Å². The van der Waals surface area contributed by atoms with Crippen molar-refractivity contribution in [3.05, 3.63) is 34.3 Å². The van der Waals surface area contributed by atoms with Gasteiger partial charge in [0.25, 0.3) is 0 Å². The number of Topliss-reactive ketones (excluding diaryl/α,β-unsaturated/α-hetero) is 1. The van der Waals surface area contributed by atoms with Crippen LogP contribution in [0, 0.1) is 5.92 Å². The summed E-state index contributed by atoms with van der Waals surface area (Å²) in [4.78, 5) is 14.4. The molecule has 0 bridgehead atoms. The first kappa shape index (κ1) is 14.7. The van der Waals surface area contributed by atoms with E-state index in [0.717, 1.165) is 42.6 Å². The maximum atomic E-state index is 12.0. The fourth-order valence-corrected chi connectivity index (χ4v) is 2.82. The summed E-state index contributed by atoms with van der Waals surface area (Å²) < 4.78 is 1.01. The van der Waals surface area contributed by atoms with Crippen LogP contribution < -0.4 is 5.73 Å². The molecule has 1 aromatic rings. The third-order valence-corrected chi connectivity index (χ3v) is 4.28. The maximum Gasteiger partial charge on any atom is 0.162 e. The Morgan fingerprint density at radius 2 is 2.11 bits per heavy atom. The van der Waals surface area contributed by atoms with Gasteiger partial charge < -0.3 is 10.6 Å². The summed E-state index contributed by atoms with van der Waals surface area (Å²) in [6.07, 6.45) is 2.77. The Balaban J connectivity index is 1.71. The molecule has 4 heteroatoms. The number of ketones is 1. The number of rotatable bonds is 6. The van der Waals surface area contributed by atoms with E-state index in [1.807, 2.05) is 24.3 Å². The Labute approximate surface area is 123 Å². The molecule has 0 spiro atoms. The van der Waals surface area contributed by atoms with Crippen LogP contribution in [0.5, 0.6) is 0 Å². The van der Waals surface area contributed by atoms with Gasteiger partial charge >= 0.3 is 0 Å². The van der Waals surface area contributed by atoms with Gasteiger partial charge in [-0.05, 0) is 50.5 Å². The minimum atomic E-state index is 0.238. The fraction of sp³-hybridized carbons (Fsp3) is 0.533. The van der Waals surface area contributed by atoms with Gasteiger partial charge in [-0.1, -0.05) is 28.1 Å². The van der Waals surface area contributed by atoms with E-state index in [1.165, 1.54) is 6.42 Å². The van der Waals surface area contributed by atoms with E-state index in [2.05, 4.69) is 20.8 Å². The van der Waals surface area contributed by atoms with Gasteiger partial charge in [-0.3, -0.25) is 4.79 Å². The fourth-order valence-electron chi connectivity index (χ4n) is 2.55. The molecule has 1 atom stereocenters. The summed E-state index contributed by atoms with van der Waals surface area (Å²) in [6.45, 7) is 4.03. The lowest BCUT2D eigenvalue weighted by molar-refractivity contribution is 0.0976. The SMILES string of the molecule is NCC1CCN(CCCC(=O)c2ccc(Br)cc2)C1. The lowest BCUT2D eigenvalue weighted by Gasteiger charge is -2.15. The van der Waals surface area contributed by atoms with Crippen molar-refractivity contribution in [1.29, 1.82) is 0 Å². The first-order valence-electron chi connectivity index (χ1n) is 6.90. The van der Waals surface area contributed by atoms with Gasteiger partial charge in [-0.15, -0.1) is 0 Å². The van der Waals surface area contributed by atoms with Gasteiger partial charge in [0.05, 0.1) is 0 Å². The highest BCUT2D eigenvalue weighted by atomic mass is 79.9. The first-order valence-corrected chi connectivity index (χ1v) is 7.69. The molecular formula is C15H21BrN2O. The summed E-state index contributed by atoms with van der Waals surface area (Å²) in [5.41, 5.74) is 6.49. The zero-order valence-corrected chi connectivity index (χ0v) is 12.7. The van der Waals surface area contributed by atoms with Gasteiger partial charge in [0.1, 0.15) is 0 Å². The van der Waals surface area contributed by atoms with E-state index in [1.54, 1.807) is 0 Å². The third-order valence-electron chi connectivity index (χ3n) is 3.75. The van der Waals surface area contributed by atoms with Crippen LogP contribution >= 0.6 is 15.9 Å². The van der Waals surface area contributed by atoms with Crippen LogP contribution in [0.2, 0.25) is 0 Å². The highest BCUT2D eigenvalue weighted by molar-refractivity contribution is 9.10. The largest absolute Gasteiger partial charge is 0.330 e. The predicted octanol–water partition coefficient (Wildman–Crippen LogP) is 2.69. The average Bonchev–Trinajstić information content (AvgIpc) is 2.87. The van der Waals surface area contributed by atoms with Crippen molar-refractivity contribution in [3.63, 3.8) is 0 Å². The zero-order chi connectivity index (χ0) is 13.7. The molecule has 1 aromatic carbocycles. The normalized spacial score (nSPS) is 19.8. The third kappa shape index (κ3) is 4.41. The molecule has 0 amide bonds. The van der Waals surface area contributed by atoms with Gasteiger partial charge in [-0.2, -0.15) is 0 Å². The highest BCUT2D eigenvalue weighted by Crippen LogP contribution is 2.16. The molecule has 1 heterocycles. The number of hydrogen-bond donors (Lipinski definition) is 1. The van der Waals surface area contributed by atoms with Gasteiger partial charge in [0.15, 0.2) is 5.78 Å². The molecule has 0 aliphatic carbocycles. The Hall–Kier alpha value is -0.710. The summed E-state index contributed by atoms with van der Waals surface area (Å²) in [5, 5.41) is 0. The molecular weight excluding hydrogens is 304 g/mol. The molecule has 0 radical (unpaired) electrons. The maximum absolute atomic E-state index is 12.0. The summed E-state index contributed by atoms with van der Waals surface area (Å²) in [7, 11) is 0. The number of nitrogens with zero attached hydrogens (tertiary/aromatic N) is 1. The van der Waals surface area contributed by atoms with Gasteiger partial charge in [0, 0.05) is 23.0 Å². The van der Waals surface area contributed by atoms with Gasteiger partial charge in [-0.25, -0.2) is 0 Å². The lowest BCUT2D eigenvalue weighted by Crippen LogP contribution is -2.24. The number of halogens is 1. The van der Waals surface area contributed by atoms with Gasteiger partial charge in [0.2, 0.25) is 0 Å². The predicted molar refractivity (Wildman–Crippen MR) is 81.3 cm³/mol. The van der Waals surface area contributed by atoms with E-state index in [0.29, 0.717) is 12.3 Å². The van der Waals surface area contributed by atoms with Crippen molar-refractivity contribution in [2.45, 2.75) is 19.3 Å². The second kappa shape index (κ2) is 7.17. The van der Waals surface area contributed by atoms with Crippen molar-refractivity contribution >= 4 is 21.7 Å². The topological polar surface area (TPSA) is 46.3 Å². The van der Waals surface area contributed by atoms with Crippen LogP contribution in [0.1, 0.15) is 29.6 Å². The molecule has 2 rings (SSSR count). The van der Waals surface area contributed by atoms with Crippen LogP contribution in [0.15, 0.2) is 28.7 Å². The van der Waals surface area contributed by atoms with E-state index >= 15 is 0 Å². The Kier molecular flexibility index (Phi) is 5.55. The summed E-state index contributed by atoms with van der Waals surface area (Å²) in [6, 6.07) is 7.60. The van der Waals surface area contributed by atoms with Crippen LogP contribution in [0.25, 0.3) is 0 Å². The molecule has 1 fully saturated rings. The van der Waals surface area contributed by atoms with Crippen LogP contribution in [-0.2, 0) is 0 Å². The minimum Gasteiger partial charge on any atom is -0.330 e.